The molecule has 2 aromatic carbocycles. The highest BCUT2D eigenvalue weighted by Crippen LogP contribution is 2.37. The van der Waals surface area contributed by atoms with E-state index in [0.29, 0.717) is 11.4 Å². The zero-order chi connectivity index (χ0) is 15.6. The molecule has 0 atom stereocenters. The van der Waals surface area contributed by atoms with Crippen LogP contribution >= 0.6 is 46.4 Å². The van der Waals surface area contributed by atoms with Crippen molar-refractivity contribution in [2.45, 2.75) is 0 Å². The molecule has 8 heteroatoms. The van der Waals surface area contributed by atoms with E-state index in [4.69, 9.17) is 67.3 Å². The number of ether oxygens (including phenoxy) is 2. The Kier molecular flexibility index (Phi) is 5.17. The zero-order valence-electron chi connectivity index (χ0n) is 10.5. The van der Waals surface area contributed by atoms with Gasteiger partial charge in [0.1, 0.15) is 0 Å². The molecule has 0 fully saturated rings. The third kappa shape index (κ3) is 3.92. The summed E-state index contributed by atoms with van der Waals surface area (Å²) in [6, 6.07) is 6.08. The van der Waals surface area contributed by atoms with E-state index >= 15 is 0 Å². The number of nitrogens with two attached hydrogens (primary N) is 2. The number of halogens is 4. The minimum absolute atomic E-state index is 0.188. The first kappa shape index (κ1) is 16.2. The number of hydrogen-bond donors (Lipinski definition) is 2. The highest BCUT2D eigenvalue weighted by Gasteiger charge is 2.12. The van der Waals surface area contributed by atoms with Crippen LogP contribution in [-0.4, -0.2) is 6.79 Å². The van der Waals surface area contributed by atoms with Gasteiger partial charge in [-0.2, -0.15) is 0 Å². The molecular weight excluding hydrogens is 358 g/mol. The van der Waals surface area contributed by atoms with Crippen molar-refractivity contribution in [3.8, 4) is 11.5 Å². The van der Waals surface area contributed by atoms with Gasteiger partial charge in [0, 0.05) is 11.4 Å². The van der Waals surface area contributed by atoms with Crippen LogP contribution in [0.5, 0.6) is 11.5 Å². The van der Waals surface area contributed by atoms with E-state index in [0.717, 1.165) is 0 Å². The highest BCUT2D eigenvalue weighted by atomic mass is 35.5. The monoisotopic (exact) mass is 366 g/mol. The third-order valence-corrected chi connectivity index (χ3v) is 3.57. The van der Waals surface area contributed by atoms with E-state index in [1.165, 1.54) is 24.3 Å². The van der Waals surface area contributed by atoms with Crippen molar-refractivity contribution in [2.75, 3.05) is 18.3 Å². The molecule has 0 saturated heterocycles. The first-order valence-corrected chi connectivity index (χ1v) is 7.14. The average molecular weight is 368 g/mol. The van der Waals surface area contributed by atoms with Crippen molar-refractivity contribution >= 4 is 57.8 Å². The van der Waals surface area contributed by atoms with Crippen molar-refractivity contribution in [2.24, 2.45) is 0 Å². The summed E-state index contributed by atoms with van der Waals surface area (Å²) in [6.45, 7) is -0.188. The number of nitrogen functional groups attached to an aromatic ring is 2. The van der Waals surface area contributed by atoms with Crippen LogP contribution < -0.4 is 20.9 Å². The lowest BCUT2D eigenvalue weighted by Crippen LogP contribution is -2.07. The second-order valence-corrected chi connectivity index (χ2v) is 5.66. The molecule has 0 aliphatic carbocycles. The maximum Gasteiger partial charge on any atom is 0.231 e. The first-order chi connectivity index (χ1) is 9.88. The standard InChI is InChI=1S/C13H10Cl4N2O2/c14-8-1-6(18)2-9(15)12(8)20-5-21-13-10(16)3-7(19)4-11(13)17/h1-4H,5,18-19H2. The molecule has 4 nitrogen and oxygen atoms in total. The van der Waals surface area contributed by atoms with Crippen molar-refractivity contribution in [3.05, 3.63) is 44.4 Å². The van der Waals surface area contributed by atoms with Crippen LogP contribution in [0, 0.1) is 0 Å². The van der Waals surface area contributed by atoms with Crippen LogP contribution in [0.25, 0.3) is 0 Å². The lowest BCUT2D eigenvalue weighted by atomic mass is 10.3. The summed E-state index contributed by atoms with van der Waals surface area (Å²) < 4.78 is 10.8. The topological polar surface area (TPSA) is 70.5 Å². The Balaban J connectivity index is 2.09. The fraction of sp³-hybridized carbons (Fsp3) is 0.0769. The number of benzene rings is 2. The largest absolute Gasteiger partial charge is 0.454 e. The maximum atomic E-state index is 5.99. The van der Waals surface area contributed by atoms with E-state index < -0.39 is 0 Å². The molecule has 0 unspecified atom stereocenters. The normalized spacial score (nSPS) is 10.5. The molecule has 0 aromatic heterocycles. The molecule has 0 radical (unpaired) electrons. The summed E-state index contributed by atoms with van der Waals surface area (Å²) in [7, 11) is 0. The summed E-state index contributed by atoms with van der Waals surface area (Å²) in [5.41, 5.74) is 12.1. The molecule has 0 amide bonds. The van der Waals surface area contributed by atoms with Gasteiger partial charge in [-0.15, -0.1) is 0 Å². The minimum atomic E-state index is -0.188. The predicted molar refractivity (Wildman–Crippen MR) is 87.9 cm³/mol. The Morgan fingerprint density at radius 3 is 1.24 bits per heavy atom. The maximum absolute atomic E-state index is 5.99. The predicted octanol–water partition coefficient (Wildman–Crippen LogP) is 4.88. The molecule has 4 N–H and O–H groups in total. The molecule has 112 valence electrons. The van der Waals surface area contributed by atoms with Crippen LogP contribution in [0.1, 0.15) is 0 Å². The van der Waals surface area contributed by atoms with E-state index in [9.17, 15) is 0 Å². The molecule has 0 spiro atoms. The molecule has 2 rings (SSSR count). The Morgan fingerprint density at radius 1 is 0.667 bits per heavy atom. The van der Waals surface area contributed by atoms with E-state index in [-0.39, 0.29) is 38.4 Å². The van der Waals surface area contributed by atoms with Gasteiger partial charge in [-0.3, -0.25) is 0 Å². The highest BCUT2D eigenvalue weighted by molar-refractivity contribution is 6.38. The summed E-state index contributed by atoms with van der Waals surface area (Å²) in [5.74, 6) is 0.519. The van der Waals surface area contributed by atoms with Gasteiger partial charge in [-0.05, 0) is 24.3 Å². The molecule has 0 saturated carbocycles. The minimum Gasteiger partial charge on any atom is -0.454 e. The number of rotatable bonds is 4. The number of anilines is 2. The van der Waals surface area contributed by atoms with E-state index in [1.807, 2.05) is 0 Å². The molecule has 0 aliphatic rings. The SMILES string of the molecule is Nc1cc(Cl)c(OCOc2c(Cl)cc(N)cc2Cl)c(Cl)c1. The Morgan fingerprint density at radius 2 is 0.952 bits per heavy atom. The molecule has 2 aromatic rings. The summed E-state index contributed by atoms with van der Waals surface area (Å²) in [6.07, 6.45) is 0. The average Bonchev–Trinajstić information content (AvgIpc) is 2.34. The van der Waals surface area contributed by atoms with Crippen molar-refractivity contribution < 1.29 is 9.47 Å². The van der Waals surface area contributed by atoms with Gasteiger partial charge in [0.05, 0.1) is 20.1 Å². The lowest BCUT2D eigenvalue weighted by Gasteiger charge is -2.13. The van der Waals surface area contributed by atoms with Gasteiger partial charge >= 0.3 is 0 Å². The van der Waals surface area contributed by atoms with Gasteiger partial charge in [0.25, 0.3) is 0 Å². The fourth-order valence-electron chi connectivity index (χ4n) is 1.58. The van der Waals surface area contributed by atoms with Crippen LogP contribution in [0.15, 0.2) is 24.3 Å². The Labute approximate surface area is 141 Å². The summed E-state index contributed by atoms with van der Waals surface area (Å²) in [5, 5.41) is 1.10. The van der Waals surface area contributed by atoms with Crippen molar-refractivity contribution in [3.63, 3.8) is 0 Å². The van der Waals surface area contributed by atoms with E-state index in [1.54, 1.807) is 0 Å². The van der Waals surface area contributed by atoms with Gasteiger partial charge in [-0.25, -0.2) is 0 Å². The molecule has 0 heterocycles. The number of hydrogen-bond acceptors (Lipinski definition) is 4. The molecular formula is C13H10Cl4N2O2. The van der Waals surface area contributed by atoms with Crippen LogP contribution in [0.3, 0.4) is 0 Å². The van der Waals surface area contributed by atoms with Gasteiger partial charge in [0.15, 0.2) is 11.5 Å². The molecule has 0 aliphatic heterocycles. The fourth-order valence-corrected chi connectivity index (χ4v) is 2.81. The van der Waals surface area contributed by atoms with Gasteiger partial charge in [-0.1, -0.05) is 46.4 Å². The Hall–Kier alpha value is -1.20. The summed E-state index contributed by atoms with van der Waals surface area (Å²) in [4.78, 5) is 0. The first-order valence-electron chi connectivity index (χ1n) is 5.63. The van der Waals surface area contributed by atoms with Crippen molar-refractivity contribution in [1.82, 2.24) is 0 Å². The van der Waals surface area contributed by atoms with Gasteiger partial charge < -0.3 is 20.9 Å². The van der Waals surface area contributed by atoms with E-state index in [2.05, 4.69) is 0 Å². The second-order valence-electron chi connectivity index (χ2n) is 4.03. The zero-order valence-corrected chi connectivity index (χ0v) is 13.5. The quantitative estimate of drug-likeness (QED) is 0.596. The molecule has 0 bridgehead atoms. The molecule has 21 heavy (non-hydrogen) atoms. The van der Waals surface area contributed by atoms with Crippen LogP contribution in [0.2, 0.25) is 20.1 Å². The van der Waals surface area contributed by atoms with Crippen LogP contribution in [0.4, 0.5) is 11.4 Å². The van der Waals surface area contributed by atoms with Crippen LogP contribution in [-0.2, 0) is 0 Å². The summed E-state index contributed by atoms with van der Waals surface area (Å²) >= 11 is 23.9. The smallest absolute Gasteiger partial charge is 0.231 e. The van der Waals surface area contributed by atoms with Gasteiger partial charge in [0.2, 0.25) is 6.79 Å². The Bertz CT molecular complexity index is 576. The second kappa shape index (κ2) is 6.71. The third-order valence-electron chi connectivity index (χ3n) is 2.45. The van der Waals surface area contributed by atoms with Crippen molar-refractivity contribution in [1.29, 1.82) is 0 Å². The lowest BCUT2D eigenvalue weighted by molar-refractivity contribution is 0.120.